The van der Waals surface area contributed by atoms with Crippen molar-refractivity contribution in [3.8, 4) is 0 Å². The van der Waals surface area contributed by atoms with Crippen LogP contribution >= 0.6 is 12.2 Å². The number of nitrogens with zero attached hydrogens (tertiary/aromatic N) is 2. The van der Waals surface area contributed by atoms with Gasteiger partial charge in [0, 0.05) is 7.05 Å². The first kappa shape index (κ1) is 16.1. The Balaban J connectivity index is 2.01. The highest BCUT2D eigenvalue weighted by Gasteiger charge is 2.37. The Morgan fingerprint density at radius 1 is 1.21 bits per heavy atom. The number of likely N-dealkylation sites (N-methyl/N-ethyl adjacent to an activating group) is 1. The average molecular weight is 340 g/mol. The Morgan fingerprint density at radius 2 is 1.92 bits per heavy atom. The molecule has 3 rings (SSSR count). The molecule has 2 aromatic carbocycles. The third kappa shape index (κ3) is 2.76. The van der Waals surface area contributed by atoms with E-state index in [2.05, 4.69) is 4.74 Å². The van der Waals surface area contributed by atoms with E-state index in [-0.39, 0.29) is 17.6 Å². The van der Waals surface area contributed by atoms with E-state index >= 15 is 0 Å². The minimum absolute atomic E-state index is 0.189. The molecule has 1 heterocycles. The van der Waals surface area contributed by atoms with Gasteiger partial charge in [-0.05, 0) is 34.6 Å². The second kappa shape index (κ2) is 6.41. The van der Waals surface area contributed by atoms with Gasteiger partial charge in [0.05, 0.1) is 7.11 Å². The van der Waals surface area contributed by atoms with Gasteiger partial charge in [0.25, 0.3) is 5.91 Å². The molecule has 0 N–H and O–H groups in total. The largest absolute Gasteiger partial charge is 0.468 e. The normalized spacial score (nSPS) is 16.3. The summed E-state index contributed by atoms with van der Waals surface area (Å²) in [6.07, 6.45) is 1.80. The number of hydrogen-bond donors (Lipinski definition) is 0. The lowest BCUT2D eigenvalue weighted by Crippen LogP contribution is -2.36. The highest BCUT2D eigenvalue weighted by Crippen LogP contribution is 2.26. The topological polar surface area (TPSA) is 49.9 Å². The summed E-state index contributed by atoms with van der Waals surface area (Å²) in [6, 6.07) is 13.9. The first-order valence-electron chi connectivity index (χ1n) is 7.38. The van der Waals surface area contributed by atoms with Crippen LogP contribution in [0, 0.1) is 0 Å². The van der Waals surface area contributed by atoms with Crippen LogP contribution in [0.15, 0.2) is 48.2 Å². The number of ether oxygens (including phenoxy) is 1. The molecular weight excluding hydrogens is 324 g/mol. The van der Waals surface area contributed by atoms with Crippen molar-refractivity contribution in [1.82, 2.24) is 9.80 Å². The summed E-state index contributed by atoms with van der Waals surface area (Å²) in [5.74, 6) is -0.814. The number of esters is 1. The molecule has 1 aliphatic heterocycles. The predicted molar refractivity (Wildman–Crippen MR) is 96.0 cm³/mol. The Kier molecular flexibility index (Phi) is 4.31. The van der Waals surface area contributed by atoms with Gasteiger partial charge >= 0.3 is 5.97 Å². The number of carbonyl (C=O) groups is 2. The second-order valence-corrected chi connectivity index (χ2v) is 5.77. The Labute approximate surface area is 145 Å². The summed E-state index contributed by atoms with van der Waals surface area (Å²) in [5, 5.41) is 2.43. The van der Waals surface area contributed by atoms with Gasteiger partial charge in [0.2, 0.25) is 0 Å². The molecule has 0 bridgehead atoms. The minimum Gasteiger partial charge on any atom is -0.468 e. The highest BCUT2D eigenvalue weighted by atomic mass is 32.1. The first-order chi connectivity index (χ1) is 11.5. The van der Waals surface area contributed by atoms with E-state index in [4.69, 9.17) is 12.2 Å². The van der Waals surface area contributed by atoms with Crippen LogP contribution in [0.4, 0.5) is 0 Å². The lowest BCUT2D eigenvalue weighted by Gasteiger charge is -2.14. The van der Waals surface area contributed by atoms with Gasteiger partial charge in [-0.3, -0.25) is 14.5 Å². The maximum absolute atomic E-state index is 12.6. The molecule has 122 valence electrons. The Bertz CT molecular complexity index is 870. The summed E-state index contributed by atoms with van der Waals surface area (Å²) in [6.45, 7) is -0.189. The van der Waals surface area contributed by atoms with Crippen LogP contribution < -0.4 is 0 Å². The molecule has 0 aliphatic carbocycles. The predicted octanol–water partition coefficient (Wildman–Crippen LogP) is 2.41. The minimum atomic E-state index is -0.509. The van der Waals surface area contributed by atoms with Gasteiger partial charge in [-0.25, -0.2) is 0 Å². The SMILES string of the molecule is COC(=O)CN1C(=O)/C(=C/c2cccc3ccccc23)N(C)C1=S. The van der Waals surface area contributed by atoms with Crippen LogP contribution in [0.5, 0.6) is 0 Å². The summed E-state index contributed by atoms with van der Waals surface area (Å²) in [4.78, 5) is 27.0. The molecular formula is C18H16N2O3S. The van der Waals surface area contributed by atoms with Gasteiger partial charge in [-0.1, -0.05) is 42.5 Å². The lowest BCUT2D eigenvalue weighted by atomic mass is 10.0. The van der Waals surface area contributed by atoms with Crippen molar-refractivity contribution in [2.45, 2.75) is 0 Å². The monoisotopic (exact) mass is 340 g/mol. The second-order valence-electron chi connectivity index (χ2n) is 5.41. The van der Waals surface area contributed by atoms with Crippen LogP contribution in [0.3, 0.4) is 0 Å². The summed E-state index contributed by atoms with van der Waals surface area (Å²) in [5.41, 5.74) is 1.35. The third-order valence-corrected chi connectivity index (χ3v) is 4.47. The highest BCUT2D eigenvalue weighted by molar-refractivity contribution is 7.80. The molecule has 1 saturated heterocycles. The molecule has 0 unspecified atom stereocenters. The van der Waals surface area contributed by atoms with Crippen molar-refractivity contribution in [3.05, 3.63) is 53.7 Å². The molecule has 1 fully saturated rings. The number of amides is 1. The van der Waals surface area contributed by atoms with Gasteiger partial charge in [0.15, 0.2) is 5.11 Å². The quantitative estimate of drug-likeness (QED) is 0.488. The molecule has 5 nitrogen and oxygen atoms in total. The maximum Gasteiger partial charge on any atom is 0.325 e. The van der Waals surface area contributed by atoms with E-state index in [0.717, 1.165) is 16.3 Å². The fourth-order valence-corrected chi connectivity index (χ4v) is 2.91. The number of carbonyl (C=O) groups excluding carboxylic acids is 2. The molecule has 0 radical (unpaired) electrons. The average Bonchev–Trinajstić information content (AvgIpc) is 2.80. The van der Waals surface area contributed by atoms with Crippen molar-refractivity contribution >= 4 is 46.1 Å². The molecule has 0 atom stereocenters. The van der Waals surface area contributed by atoms with Crippen molar-refractivity contribution in [2.75, 3.05) is 20.7 Å². The van der Waals surface area contributed by atoms with E-state index < -0.39 is 5.97 Å². The van der Waals surface area contributed by atoms with E-state index in [9.17, 15) is 9.59 Å². The number of rotatable bonds is 3. The van der Waals surface area contributed by atoms with E-state index in [0.29, 0.717) is 5.70 Å². The number of fused-ring (bicyclic) bond motifs is 1. The van der Waals surface area contributed by atoms with Crippen molar-refractivity contribution in [1.29, 1.82) is 0 Å². The van der Waals surface area contributed by atoms with Gasteiger partial charge in [0.1, 0.15) is 12.2 Å². The van der Waals surface area contributed by atoms with E-state index in [1.807, 2.05) is 42.5 Å². The first-order valence-corrected chi connectivity index (χ1v) is 7.79. The third-order valence-electron chi connectivity index (χ3n) is 3.97. The fourth-order valence-electron chi connectivity index (χ4n) is 2.67. The standard InChI is InChI=1S/C18H16N2O3S/c1-19-15(17(22)20(18(19)24)11-16(21)23-2)10-13-8-5-7-12-6-3-4-9-14(12)13/h3-10H,11H2,1-2H3/b15-10-. The van der Waals surface area contributed by atoms with Crippen LogP contribution in [-0.4, -0.2) is 47.5 Å². The van der Waals surface area contributed by atoms with Crippen molar-refractivity contribution in [2.24, 2.45) is 0 Å². The number of thiocarbonyl (C=S) groups is 1. The van der Waals surface area contributed by atoms with Crippen molar-refractivity contribution < 1.29 is 14.3 Å². The molecule has 0 spiro atoms. The summed E-state index contributed by atoms with van der Waals surface area (Å²) < 4.78 is 4.62. The van der Waals surface area contributed by atoms with Crippen molar-refractivity contribution in [3.63, 3.8) is 0 Å². The maximum atomic E-state index is 12.6. The zero-order chi connectivity index (χ0) is 17.3. The number of benzene rings is 2. The smallest absolute Gasteiger partial charge is 0.325 e. The summed E-state index contributed by atoms with van der Waals surface area (Å²) >= 11 is 5.28. The van der Waals surface area contributed by atoms with E-state index in [1.54, 1.807) is 18.0 Å². The van der Waals surface area contributed by atoms with E-state index in [1.165, 1.54) is 12.0 Å². The number of hydrogen-bond acceptors (Lipinski definition) is 4. The molecule has 6 heteroatoms. The summed E-state index contributed by atoms with van der Waals surface area (Å²) in [7, 11) is 3.00. The van der Waals surface area contributed by atoms with Crippen LogP contribution in [0.1, 0.15) is 5.56 Å². The van der Waals surface area contributed by atoms with Gasteiger partial charge < -0.3 is 9.64 Å². The molecule has 24 heavy (non-hydrogen) atoms. The van der Waals surface area contributed by atoms with Gasteiger partial charge in [-0.2, -0.15) is 0 Å². The molecule has 1 aliphatic rings. The number of methoxy groups -OCH3 is 1. The zero-order valence-corrected chi connectivity index (χ0v) is 14.2. The molecule has 1 amide bonds. The Morgan fingerprint density at radius 3 is 2.67 bits per heavy atom. The van der Waals surface area contributed by atoms with Gasteiger partial charge in [-0.15, -0.1) is 0 Å². The van der Waals surface area contributed by atoms with Crippen LogP contribution in [0.25, 0.3) is 16.8 Å². The molecule has 2 aromatic rings. The van der Waals surface area contributed by atoms with Crippen LogP contribution in [-0.2, 0) is 14.3 Å². The lowest BCUT2D eigenvalue weighted by molar-refractivity contribution is -0.143. The zero-order valence-electron chi connectivity index (χ0n) is 13.4. The molecule has 0 saturated carbocycles. The van der Waals surface area contributed by atoms with Crippen LogP contribution in [0.2, 0.25) is 0 Å². The molecule has 0 aromatic heterocycles. The fraction of sp³-hybridized carbons (Fsp3) is 0.167. The Hall–Kier alpha value is -2.73.